The zero-order valence-electron chi connectivity index (χ0n) is 17.9. The molecule has 1 saturated heterocycles. The van der Waals surface area contributed by atoms with E-state index in [1.807, 2.05) is 34.6 Å². The average Bonchev–Trinajstić information content (AvgIpc) is 3.11. The number of anilines is 1. The normalized spacial score (nSPS) is 14.8. The molecule has 0 aliphatic carbocycles. The van der Waals surface area contributed by atoms with Crippen molar-refractivity contribution in [2.75, 3.05) is 37.7 Å². The Kier molecular flexibility index (Phi) is 6.20. The summed E-state index contributed by atoms with van der Waals surface area (Å²) in [6.45, 7) is 11.4. The Morgan fingerprint density at radius 1 is 1.00 bits per heavy atom. The highest BCUT2D eigenvalue weighted by molar-refractivity contribution is 7.71. The number of piperazine rings is 1. The minimum atomic E-state index is 0.679. The lowest BCUT2D eigenvalue weighted by Gasteiger charge is -2.36. The van der Waals surface area contributed by atoms with Gasteiger partial charge in [0, 0.05) is 26.2 Å². The first-order valence-electron chi connectivity index (χ1n) is 10.5. The van der Waals surface area contributed by atoms with Gasteiger partial charge in [-0.25, -0.2) is 4.68 Å². The number of aromatic nitrogens is 3. The third-order valence-corrected chi connectivity index (χ3v) is 5.98. The number of hydrogen-bond acceptors (Lipinski definition) is 5. The summed E-state index contributed by atoms with van der Waals surface area (Å²) in [5, 5.41) is 4.57. The van der Waals surface area contributed by atoms with Gasteiger partial charge in [-0.05, 0) is 62.3 Å². The smallest absolute Gasteiger partial charge is 0.203 e. The number of ether oxygens (including phenoxy) is 1. The molecule has 2 heterocycles. The van der Waals surface area contributed by atoms with Crippen molar-refractivity contribution in [2.24, 2.45) is 0 Å². The Labute approximate surface area is 183 Å². The van der Waals surface area contributed by atoms with E-state index in [9.17, 15) is 0 Å². The van der Waals surface area contributed by atoms with Crippen molar-refractivity contribution >= 4 is 17.9 Å². The van der Waals surface area contributed by atoms with E-state index < -0.39 is 0 Å². The van der Waals surface area contributed by atoms with Crippen LogP contribution in [0.15, 0.2) is 48.8 Å². The van der Waals surface area contributed by atoms with Crippen LogP contribution in [0, 0.1) is 18.6 Å². The highest BCUT2D eigenvalue weighted by Gasteiger charge is 2.20. The highest BCUT2D eigenvalue weighted by Crippen LogP contribution is 2.28. The Hall–Kier alpha value is -2.64. The van der Waals surface area contributed by atoms with E-state index in [0.717, 1.165) is 42.4 Å². The molecule has 1 aliphatic heterocycles. The van der Waals surface area contributed by atoms with Gasteiger partial charge in [0.2, 0.25) is 4.77 Å². The fourth-order valence-corrected chi connectivity index (χ4v) is 4.14. The Morgan fingerprint density at radius 2 is 1.77 bits per heavy atom. The van der Waals surface area contributed by atoms with Crippen LogP contribution in [-0.4, -0.2) is 52.0 Å². The molecule has 0 saturated carbocycles. The number of benzene rings is 2. The Morgan fingerprint density at radius 3 is 2.53 bits per heavy atom. The van der Waals surface area contributed by atoms with Crippen LogP contribution in [-0.2, 0) is 6.67 Å². The summed E-state index contributed by atoms with van der Waals surface area (Å²) < 4.78 is 10.5. The minimum Gasteiger partial charge on any atom is -0.492 e. The fraction of sp³-hybridized carbons (Fsp3) is 0.391. The van der Waals surface area contributed by atoms with Crippen molar-refractivity contribution in [1.82, 2.24) is 19.2 Å². The molecule has 6 nitrogen and oxygen atoms in total. The van der Waals surface area contributed by atoms with Crippen LogP contribution in [0.3, 0.4) is 0 Å². The second-order valence-corrected chi connectivity index (χ2v) is 8.09. The first kappa shape index (κ1) is 20.6. The molecule has 4 rings (SSSR count). The predicted octanol–water partition coefficient (Wildman–Crippen LogP) is 4.20. The summed E-state index contributed by atoms with van der Waals surface area (Å²) >= 11 is 5.73. The molecule has 1 aliphatic rings. The molecule has 0 radical (unpaired) electrons. The number of nitrogens with zero attached hydrogens (tertiary/aromatic N) is 5. The molecule has 0 N–H and O–H groups in total. The van der Waals surface area contributed by atoms with Crippen LogP contribution in [0.25, 0.3) is 5.69 Å². The van der Waals surface area contributed by atoms with Crippen molar-refractivity contribution in [2.45, 2.75) is 27.4 Å². The van der Waals surface area contributed by atoms with Gasteiger partial charge in [-0.15, -0.1) is 0 Å². The summed E-state index contributed by atoms with van der Waals surface area (Å²) in [6, 6.07) is 14.7. The topological polar surface area (TPSA) is 38.5 Å². The number of hydrogen-bond donors (Lipinski definition) is 0. The van der Waals surface area contributed by atoms with Crippen molar-refractivity contribution < 1.29 is 4.74 Å². The van der Waals surface area contributed by atoms with Crippen molar-refractivity contribution in [3.05, 3.63) is 64.7 Å². The van der Waals surface area contributed by atoms with Crippen molar-refractivity contribution in [3.8, 4) is 11.4 Å². The lowest BCUT2D eigenvalue weighted by Crippen LogP contribution is -2.47. The lowest BCUT2D eigenvalue weighted by molar-refractivity contribution is 0.194. The van der Waals surface area contributed by atoms with E-state index in [0.29, 0.717) is 13.3 Å². The van der Waals surface area contributed by atoms with Gasteiger partial charge >= 0.3 is 0 Å². The molecule has 2 aromatic carbocycles. The standard InChI is InChI=1S/C23H29N5OS/c1-4-29-22-8-6-5-7-20(22)26-13-11-25(12-14-26)17-28-23(30)27(16-24-28)21-15-18(2)9-10-19(21)3/h5-10,15-16H,4,11-14,17H2,1-3H3. The molecule has 0 amide bonds. The maximum absolute atomic E-state index is 5.81. The van der Waals surface area contributed by atoms with Crippen LogP contribution in [0.4, 0.5) is 5.69 Å². The Balaban J connectivity index is 1.44. The molecule has 0 bridgehead atoms. The summed E-state index contributed by atoms with van der Waals surface area (Å²) in [5.41, 5.74) is 4.69. The highest BCUT2D eigenvalue weighted by atomic mass is 32.1. The quantitative estimate of drug-likeness (QED) is 0.556. The van der Waals surface area contributed by atoms with Crippen LogP contribution < -0.4 is 9.64 Å². The van der Waals surface area contributed by atoms with Gasteiger partial charge in [0.15, 0.2) is 0 Å². The van der Waals surface area contributed by atoms with Crippen molar-refractivity contribution in [1.29, 1.82) is 0 Å². The molecule has 1 aromatic heterocycles. The molecule has 0 spiro atoms. The maximum atomic E-state index is 5.81. The van der Waals surface area contributed by atoms with Crippen molar-refractivity contribution in [3.63, 3.8) is 0 Å². The van der Waals surface area contributed by atoms with Gasteiger partial charge < -0.3 is 9.64 Å². The average molecular weight is 424 g/mol. The predicted molar refractivity (Wildman–Crippen MR) is 123 cm³/mol. The Bertz CT molecular complexity index is 1070. The minimum absolute atomic E-state index is 0.679. The van der Waals surface area contributed by atoms with E-state index >= 15 is 0 Å². The molecule has 158 valence electrons. The second kappa shape index (κ2) is 9.02. The van der Waals surface area contributed by atoms with Gasteiger partial charge in [0.25, 0.3) is 0 Å². The lowest BCUT2D eigenvalue weighted by atomic mass is 10.1. The first-order chi connectivity index (χ1) is 14.6. The SMILES string of the molecule is CCOc1ccccc1N1CCN(Cn2ncn(-c3cc(C)ccc3C)c2=S)CC1. The number of aryl methyl sites for hydroxylation is 2. The first-order valence-corrected chi connectivity index (χ1v) is 10.9. The third kappa shape index (κ3) is 4.27. The molecule has 30 heavy (non-hydrogen) atoms. The van der Waals surface area contributed by atoms with Gasteiger partial charge in [-0.2, -0.15) is 5.10 Å². The summed E-state index contributed by atoms with van der Waals surface area (Å²) in [4.78, 5) is 4.80. The third-order valence-electron chi connectivity index (χ3n) is 5.57. The van der Waals surface area contributed by atoms with Gasteiger partial charge in [0.1, 0.15) is 12.1 Å². The van der Waals surface area contributed by atoms with Crippen LogP contribution >= 0.6 is 12.2 Å². The fourth-order valence-electron chi connectivity index (χ4n) is 3.89. The summed E-state index contributed by atoms with van der Waals surface area (Å²) in [7, 11) is 0. The van der Waals surface area contributed by atoms with E-state index in [4.69, 9.17) is 17.0 Å². The maximum Gasteiger partial charge on any atom is 0.203 e. The molecular formula is C23H29N5OS. The van der Waals surface area contributed by atoms with Gasteiger partial charge in [-0.3, -0.25) is 9.47 Å². The molecule has 1 fully saturated rings. The van der Waals surface area contributed by atoms with Crippen LogP contribution in [0.1, 0.15) is 18.1 Å². The summed E-state index contributed by atoms with van der Waals surface area (Å²) in [5.74, 6) is 0.961. The largest absolute Gasteiger partial charge is 0.492 e. The van der Waals surface area contributed by atoms with E-state index in [2.05, 4.69) is 59.1 Å². The van der Waals surface area contributed by atoms with E-state index in [-0.39, 0.29) is 0 Å². The molecule has 0 unspecified atom stereocenters. The molecule has 0 atom stereocenters. The second-order valence-electron chi connectivity index (χ2n) is 7.72. The number of rotatable bonds is 6. The molecular weight excluding hydrogens is 394 g/mol. The molecule has 7 heteroatoms. The summed E-state index contributed by atoms with van der Waals surface area (Å²) in [6.07, 6.45) is 1.83. The number of para-hydroxylation sites is 2. The van der Waals surface area contributed by atoms with E-state index in [1.165, 1.54) is 16.8 Å². The van der Waals surface area contributed by atoms with E-state index in [1.54, 1.807) is 0 Å². The zero-order valence-corrected chi connectivity index (χ0v) is 18.7. The molecule has 3 aromatic rings. The van der Waals surface area contributed by atoms with Crippen LogP contribution in [0.2, 0.25) is 0 Å². The monoisotopic (exact) mass is 423 g/mol. The van der Waals surface area contributed by atoms with Crippen LogP contribution in [0.5, 0.6) is 5.75 Å². The van der Waals surface area contributed by atoms with Gasteiger partial charge in [-0.1, -0.05) is 24.3 Å². The zero-order chi connectivity index (χ0) is 21.1. The van der Waals surface area contributed by atoms with Gasteiger partial charge in [0.05, 0.1) is 24.7 Å².